The standard InChI is InChI=1S/C15H25N3O4S/c1-6-15(4,5)16-13-10-9-12(11-14(13)18(19)20)23(21,22)17(7-2)8-3/h9-11,16H,6-8H2,1-5H3. The van der Waals surface area contributed by atoms with Gasteiger partial charge in [-0.25, -0.2) is 8.42 Å². The van der Waals surface area contributed by atoms with Crippen molar-refractivity contribution in [2.24, 2.45) is 0 Å². The summed E-state index contributed by atoms with van der Waals surface area (Å²) in [5.74, 6) is 0. The van der Waals surface area contributed by atoms with E-state index in [9.17, 15) is 18.5 Å². The highest BCUT2D eigenvalue weighted by molar-refractivity contribution is 7.89. The van der Waals surface area contributed by atoms with E-state index < -0.39 is 14.9 Å². The molecule has 0 aliphatic carbocycles. The van der Waals surface area contributed by atoms with Gasteiger partial charge in [-0.3, -0.25) is 10.1 Å². The van der Waals surface area contributed by atoms with Crippen LogP contribution in [0, 0.1) is 10.1 Å². The number of nitrogens with zero attached hydrogens (tertiary/aromatic N) is 2. The average molecular weight is 343 g/mol. The van der Waals surface area contributed by atoms with E-state index in [4.69, 9.17) is 0 Å². The van der Waals surface area contributed by atoms with E-state index in [0.717, 1.165) is 12.5 Å². The monoisotopic (exact) mass is 343 g/mol. The van der Waals surface area contributed by atoms with Crippen molar-refractivity contribution in [2.45, 2.75) is 51.5 Å². The predicted octanol–water partition coefficient (Wildman–Crippen LogP) is 3.23. The SMILES string of the molecule is CCN(CC)S(=O)(=O)c1ccc(NC(C)(C)CC)c([N+](=O)[O-])c1. The highest BCUT2D eigenvalue weighted by Gasteiger charge is 2.27. The Balaban J connectivity index is 3.37. The quantitative estimate of drug-likeness (QED) is 0.578. The molecule has 0 aromatic heterocycles. The van der Waals surface area contributed by atoms with Gasteiger partial charge in [-0.2, -0.15) is 4.31 Å². The van der Waals surface area contributed by atoms with Gasteiger partial charge < -0.3 is 5.32 Å². The van der Waals surface area contributed by atoms with Crippen LogP contribution in [0.1, 0.15) is 41.0 Å². The van der Waals surface area contributed by atoms with Crippen molar-refractivity contribution in [1.82, 2.24) is 4.31 Å². The molecule has 130 valence electrons. The minimum atomic E-state index is -3.72. The van der Waals surface area contributed by atoms with Crippen LogP contribution in [-0.2, 0) is 10.0 Å². The van der Waals surface area contributed by atoms with Crippen molar-refractivity contribution in [3.8, 4) is 0 Å². The van der Waals surface area contributed by atoms with Crippen molar-refractivity contribution in [2.75, 3.05) is 18.4 Å². The molecule has 0 spiro atoms. The number of hydrogen-bond donors (Lipinski definition) is 1. The Labute approximate surface area is 137 Å². The summed E-state index contributed by atoms with van der Waals surface area (Å²) in [6, 6.07) is 4.00. The molecular weight excluding hydrogens is 318 g/mol. The summed E-state index contributed by atoms with van der Waals surface area (Å²) in [4.78, 5) is 10.7. The van der Waals surface area contributed by atoms with Gasteiger partial charge in [0.25, 0.3) is 5.69 Å². The molecule has 0 saturated heterocycles. The number of anilines is 1. The third kappa shape index (κ3) is 4.42. The lowest BCUT2D eigenvalue weighted by molar-refractivity contribution is -0.384. The molecular formula is C15H25N3O4S. The molecule has 1 rings (SSSR count). The molecule has 23 heavy (non-hydrogen) atoms. The van der Waals surface area contributed by atoms with Crippen LogP contribution in [0.25, 0.3) is 0 Å². The maximum absolute atomic E-state index is 12.5. The number of rotatable bonds is 8. The largest absolute Gasteiger partial charge is 0.375 e. The Morgan fingerprint density at radius 3 is 2.22 bits per heavy atom. The van der Waals surface area contributed by atoms with E-state index >= 15 is 0 Å². The van der Waals surface area contributed by atoms with E-state index in [1.54, 1.807) is 13.8 Å². The van der Waals surface area contributed by atoms with E-state index in [1.807, 2.05) is 20.8 Å². The van der Waals surface area contributed by atoms with Gasteiger partial charge in [-0.05, 0) is 32.4 Å². The molecule has 0 aliphatic rings. The molecule has 0 bridgehead atoms. The highest BCUT2D eigenvalue weighted by Crippen LogP contribution is 2.31. The zero-order valence-electron chi connectivity index (χ0n) is 14.3. The fraction of sp³-hybridized carbons (Fsp3) is 0.600. The molecule has 0 amide bonds. The van der Waals surface area contributed by atoms with Gasteiger partial charge in [-0.1, -0.05) is 20.8 Å². The lowest BCUT2D eigenvalue weighted by Gasteiger charge is -2.26. The average Bonchev–Trinajstić information content (AvgIpc) is 2.47. The van der Waals surface area contributed by atoms with Crippen molar-refractivity contribution in [3.05, 3.63) is 28.3 Å². The highest BCUT2D eigenvalue weighted by atomic mass is 32.2. The zero-order valence-corrected chi connectivity index (χ0v) is 15.1. The molecule has 7 nitrogen and oxygen atoms in total. The lowest BCUT2D eigenvalue weighted by atomic mass is 10.0. The number of nitro benzene ring substituents is 1. The first-order chi connectivity index (χ1) is 10.6. The number of hydrogen-bond acceptors (Lipinski definition) is 5. The van der Waals surface area contributed by atoms with Crippen LogP contribution in [0.5, 0.6) is 0 Å². The molecule has 0 unspecified atom stereocenters. The first kappa shape index (κ1) is 19.4. The van der Waals surface area contributed by atoms with Crippen molar-refractivity contribution < 1.29 is 13.3 Å². The molecule has 0 heterocycles. The van der Waals surface area contributed by atoms with Crippen LogP contribution < -0.4 is 5.32 Å². The Morgan fingerprint density at radius 2 is 1.78 bits per heavy atom. The van der Waals surface area contributed by atoms with E-state index in [2.05, 4.69) is 5.32 Å². The normalized spacial score (nSPS) is 12.4. The smallest absolute Gasteiger partial charge is 0.293 e. The van der Waals surface area contributed by atoms with Crippen molar-refractivity contribution in [3.63, 3.8) is 0 Å². The predicted molar refractivity (Wildman–Crippen MR) is 91.2 cm³/mol. The van der Waals surface area contributed by atoms with Crippen molar-refractivity contribution in [1.29, 1.82) is 0 Å². The van der Waals surface area contributed by atoms with Gasteiger partial charge in [0.15, 0.2) is 0 Å². The second kappa shape index (κ2) is 7.27. The van der Waals surface area contributed by atoms with Gasteiger partial charge in [0.1, 0.15) is 5.69 Å². The molecule has 1 aromatic carbocycles. The minimum absolute atomic E-state index is 0.0623. The summed E-state index contributed by atoms with van der Waals surface area (Å²) in [6.45, 7) is 9.92. The second-order valence-electron chi connectivity index (χ2n) is 5.89. The fourth-order valence-electron chi connectivity index (χ4n) is 2.09. The summed E-state index contributed by atoms with van der Waals surface area (Å²) in [5, 5.41) is 14.4. The van der Waals surface area contributed by atoms with Crippen LogP contribution in [-0.4, -0.2) is 36.3 Å². The number of nitro groups is 1. The summed E-state index contributed by atoms with van der Waals surface area (Å²) >= 11 is 0. The van der Waals surface area contributed by atoms with Crippen LogP contribution in [0.3, 0.4) is 0 Å². The van der Waals surface area contributed by atoms with Crippen LogP contribution in [0.2, 0.25) is 0 Å². The van der Waals surface area contributed by atoms with Crippen LogP contribution in [0.15, 0.2) is 23.1 Å². The molecule has 0 radical (unpaired) electrons. The second-order valence-corrected chi connectivity index (χ2v) is 7.83. The third-order valence-electron chi connectivity index (χ3n) is 3.87. The van der Waals surface area contributed by atoms with E-state index in [0.29, 0.717) is 18.8 Å². The Hall–Kier alpha value is -1.67. The Bertz CT molecular complexity index is 667. The van der Waals surface area contributed by atoms with Gasteiger partial charge in [-0.15, -0.1) is 0 Å². The first-order valence-electron chi connectivity index (χ1n) is 7.65. The van der Waals surface area contributed by atoms with E-state index in [1.165, 1.54) is 16.4 Å². The minimum Gasteiger partial charge on any atom is -0.375 e. The van der Waals surface area contributed by atoms with Crippen molar-refractivity contribution >= 4 is 21.4 Å². The molecule has 1 N–H and O–H groups in total. The molecule has 8 heteroatoms. The fourth-order valence-corrected chi connectivity index (χ4v) is 3.57. The summed E-state index contributed by atoms with van der Waals surface area (Å²) in [5.41, 5.74) is -0.246. The maximum atomic E-state index is 12.5. The lowest BCUT2D eigenvalue weighted by Crippen LogP contribution is -2.31. The molecule has 0 fully saturated rings. The topological polar surface area (TPSA) is 92.6 Å². The zero-order chi connectivity index (χ0) is 17.8. The Kier molecular flexibility index (Phi) is 6.12. The maximum Gasteiger partial charge on any atom is 0.293 e. The molecule has 1 aromatic rings. The molecule has 0 aliphatic heterocycles. The van der Waals surface area contributed by atoms with Gasteiger partial charge in [0.05, 0.1) is 9.82 Å². The third-order valence-corrected chi connectivity index (χ3v) is 5.91. The molecule has 0 saturated carbocycles. The van der Waals surface area contributed by atoms with Crippen LogP contribution >= 0.6 is 0 Å². The Morgan fingerprint density at radius 1 is 1.22 bits per heavy atom. The number of benzene rings is 1. The number of nitrogens with one attached hydrogen (secondary N) is 1. The first-order valence-corrected chi connectivity index (χ1v) is 9.09. The summed E-state index contributed by atoms with van der Waals surface area (Å²) in [6.07, 6.45) is 0.768. The van der Waals surface area contributed by atoms with E-state index in [-0.39, 0.29) is 16.1 Å². The van der Waals surface area contributed by atoms with Crippen LogP contribution in [0.4, 0.5) is 11.4 Å². The van der Waals surface area contributed by atoms with Gasteiger partial charge in [0, 0.05) is 24.7 Å². The van der Waals surface area contributed by atoms with Gasteiger partial charge in [0.2, 0.25) is 10.0 Å². The summed E-state index contributed by atoms with van der Waals surface area (Å²) in [7, 11) is -3.72. The summed E-state index contributed by atoms with van der Waals surface area (Å²) < 4.78 is 26.3. The number of sulfonamides is 1. The van der Waals surface area contributed by atoms with Gasteiger partial charge >= 0.3 is 0 Å². The molecule has 0 atom stereocenters.